The highest BCUT2D eigenvalue weighted by molar-refractivity contribution is 9.10. The van der Waals surface area contributed by atoms with E-state index in [2.05, 4.69) is 20.7 Å². The van der Waals surface area contributed by atoms with Crippen LogP contribution in [0.1, 0.15) is 16.1 Å². The van der Waals surface area contributed by atoms with Crippen molar-refractivity contribution in [3.63, 3.8) is 0 Å². The summed E-state index contributed by atoms with van der Waals surface area (Å²) in [5.41, 5.74) is 0.598. The maximum Gasteiger partial charge on any atom is 0.371 e. The third-order valence-corrected chi connectivity index (χ3v) is 5.19. The van der Waals surface area contributed by atoms with Crippen LogP contribution in [0, 0.1) is 0 Å². The largest absolute Gasteiger partial charge is 0.475 e. The zero-order chi connectivity index (χ0) is 15.6. The number of carbonyl (C=O) groups is 1. The fraction of sp³-hybridized carbons (Fsp3) is 0.0833. The first-order chi connectivity index (χ1) is 9.81. The molecule has 21 heavy (non-hydrogen) atoms. The predicted molar refractivity (Wildman–Crippen MR) is 78.8 cm³/mol. The molecule has 0 bridgehead atoms. The lowest BCUT2D eigenvalue weighted by Crippen LogP contribution is -2.23. The molecule has 0 aliphatic rings. The molecule has 0 spiro atoms. The molecule has 1 aromatic carbocycles. The van der Waals surface area contributed by atoms with Crippen molar-refractivity contribution in [3.05, 3.63) is 51.3 Å². The lowest BCUT2D eigenvalue weighted by atomic mass is 10.2. The second-order valence-corrected chi connectivity index (χ2v) is 6.83. The molecule has 112 valence electrons. The molecule has 9 heteroatoms. The summed E-state index contributed by atoms with van der Waals surface area (Å²) in [6, 6.07) is 7.71. The van der Waals surface area contributed by atoms with Crippen LogP contribution in [0.5, 0.6) is 0 Å². The number of carboxylic acids is 1. The smallest absolute Gasteiger partial charge is 0.371 e. The predicted octanol–water partition coefficient (Wildman–Crippen LogP) is 2.87. The Morgan fingerprint density at radius 1 is 1.38 bits per heavy atom. The van der Waals surface area contributed by atoms with Gasteiger partial charge in [0, 0.05) is 17.6 Å². The molecule has 0 radical (unpaired) electrons. The minimum Gasteiger partial charge on any atom is -0.475 e. The van der Waals surface area contributed by atoms with Crippen LogP contribution in [0.3, 0.4) is 0 Å². The number of halogens is 2. The lowest BCUT2D eigenvalue weighted by Gasteiger charge is -2.06. The van der Waals surface area contributed by atoms with E-state index in [0.29, 0.717) is 10.6 Å². The first kappa shape index (κ1) is 16.0. The molecular weight excluding hydrogens is 386 g/mol. The van der Waals surface area contributed by atoms with E-state index in [9.17, 15) is 13.2 Å². The summed E-state index contributed by atoms with van der Waals surface area (Å²) in [5, 5.41) is 9.21. The SMILES string of the molecule is O=C(O)c1cc(S(=O)(=O)NCc2ccccc2Cl)c(Br)o1. The van der Waals surface area contributed by atoms with Crippen molar-refractivity contribution in [2.45, 2.75) is 11.4 Å². The molecule has 0 saturated heterocycles. The van der Waals surface area contributed by atoms with Crippen molar-refractivity contribution in [2.24, 2.45) is 0 Å². The molecule has 2 rings (SSSR count). The maximum atomic E-state index is 12.1. The summed E-state index contributed by atoms with van der Waals surface area (Å²) in [6.07, 6.45) is 0. The van der Waals surface area contributed by atoms with Crippen molar-refractivity contribution < 1.29 is 22.7 Å². The summed E-state index contributed by atoms with van der Waals surface area (Å²) in [6.45, 7) is -0.0258. The summed E-state index contributed by atoms with van der Waals surface area (Å²) >= 11 is 8.82. The molecule has 0 aliphatic carbocycles. The monoisotopic (exact) mass is 393 g/mol. The number of carboxylic acid groups (broad SMARTS) is 1. The van der Waals surface area contributed by atoms with Crippen LogP contribution >= 0.6 is 27.5 Å². The Labute approximate surface area is 133 Å². The molecule has 0 aliphatic heterocycles. The molecule has 1 heterocycles. The van der Waals surface area contributed by atoms with E-state index in [1.807, 2.05) is 0 Å². The van der Waals surface area contributed by atoms with E-state index >= 15 is 0 Å². The molecule has 0 fully saturated rings. The Morgan fingerprint density at radius 3 is 2.62 bits per heavy atom. The summed E-state index contributed by atoms with van der Waals surface area (Å²) < 4.78 is 31.2. The molecule has 0 unspecified atom stereocenters. The van der Waals surface area contributed by atoms with E-state index < -0.39 is 21.8 Å². The van der Waals surface area contributed by atoms with E-state index in [1.165, 1.54) is 0 Å². The topological polar surface area (TPSA) is 96.6 Å². The second-order valence-electron chi connectivity index (χ2n) is 3.97. The molecule has 2 aromatic rings. The van der Waals surface area contributed by atoms with Gasteiger partial charge in [0.25, 0.3) is 0 Å². The molecule has 1 aromatic heterocycles. The zero-order valence-corrected chi connectivity index (χ0v) is 13.5. The molecule has 0 saturated carbocycles. The average Bonchev–Trinajstić information content (AvgIpc) is 2.81. The highest BCUT2D eigenvalue weighted by Gasteiger charge is 2.24. The molecule has 0 atom stereocenters. The van der Waals surface area contributed by atoms with Gasteiger partial charge < -0.3 is 9.52 Å². The van der Waals surface area contributed by atoms with Crippen LogP contribution in [0.25, 0.3) is 0 Å². The maximum absolute atomic E-state index is 12.1. The van der Waals surface area contributed by atoms with Crippen molar-refractivity contribution in [3.8, 4) is 0 Å². The number of nitrogens with one attached hydrogen (secondary N) is 1. The Bertz CT molecular complexity index is 787. The Balaban J connectivity index is 2.23. The lowest BCUT2D eigenvalue weighted by molar-refractivity contribution is 0.0661. The normalized spacial score (nSPS) is 11.5. The van der Waals surface area contributed by atoms with Crippen LogP contribution in [-0.2, 0) is 16.6 Å². The van der Waals surface area contributed by atoms with Gasteiger partial charge in [-0.2, -0.15) is 0 Å². The van der Waals surface area contributed by atoms with Crippen LogP contribution in [0.4, 0.5) is 0 Å². The van der Waals surface area contributed by atoms with Gasteiger partial charge in [0.05, 0.1) is 0 Å². The summed E-state index contributed by atoms with van der Waals surface area (Å²) in [7, 11) is -3.93. The van der Waals surface area contributed by atoms with Crippen LogP contribution in [0.15, 0.2) is 44.3 Å². The molecule has 6 nitrogen and oxygen atoms in total. The minimum absolute atomic E-state index is 0.0258. The summed E-state index contributed by atoms with van der Waals surface area (Å²) in [5.74, 6) is -1.83. The van der Waals surface area contributed by atoms with E-state index in [0.717, 1.165) is 6.07 Å². The van der Waals surface area contributed by atoms with Gasteiger partial charge >= 0.3 is 5.97 Å². The Morgan fingerprint density at radius 2 is 2.05 bits per heavy atom. The quantitative estimate of drug-likeness (QED) is 0.813. The van der Waals surface area contributed by atoms with E-state index in [-0.39, 0.29) is 16.1 Å². The van der Waals surface area contributed by atoms with E-state index in [4.69, 9.17) is 21.1 Å². The highest BCUT2D eigenvalue weighted by Crippen LogP contribution is 2.26. The number of hydrogen-bond acceptors (Lipinski definition) is 4. The van der Waals surface area contributed by atoms with Gasteiger partial charge in [-0.05, 0) is 27.6 Å². The Hall–Kier alpha value is -1.35. The van der Waals surface area contributed by atoms with E-state index in [1.54, 1.807) is 24.3 Å². The van der Waals surface area contributed by atoms with Crippen molar-refractivity contribution in [1.29, 1.82) is 0 Å². The van der Waals surface area contributed by atoms with Crippen LogP contribution < -0.4 is 4.72 Å². The molecule has 2 N–H and O–H groups in total. The number of rotatable bonds is 5. The molecule has 0 amide bonds. The fourth-order valence-electron chi connectivity index (χ4n) is 1.53. The van der Waals surface area contributed by atoms with Gasteiger partial charge in [-0.1, -0.05) is 29.8 Å². The van der Waals surface area contributed by atoms with Gasteiger partial charge in [-0.25, -0.2) is 17.9 Å². The molecular formula is C12H9BrClNO5S. The van der Waals surface area contributed by atoms with Crippen LogP contribution in [-0.4, -0.2) is 19.5 Å². The number of hydrogen-bond donors (Lipinski definition) is 2. The van der Waals surface area contributed by atoms with Gasteiger partial charge in [0.15, 0.2) is 4.67 Å². The van der Waals surface area contributed by atoms with Crippen molar-refractivity contribution in [1.82, 2.24) is 4.72 Å². The third-order valence-electron chi connectivity index (χ3n) is 2.57. The summed E-state index contributed by atoms with van der Waals surface area (Å²) in [4.78, 5) is 10.5. The Kier molecular flexibility index (Phi) is 4.72. The minimum atomic E-state index is -3.93. The number of aromatic carboxylic acids is 1. The van der Waals surface area contributed by atoms with Crippen molar-refractivity contribution in [2.75, 3.05) is 0 Å². The first-order valence-electron chi connectivity index (χ1n) is 5.57. The number of furan rings is 1. The third kappa shape index (κ3) is 3.65. The number of benzene rings is 1. The van der Waals surface area contributed by atoms with Gasteiger partial charge in [-0.3, -0.25) is 0 Å². The van der Waals surface area contributed by atoms with Gasteiger partial charge in [0.2, 0.25) is 15.8 Å². The average molecular weight is 395 g/mol. The highest BCUT2D eigenvalue weighted by atomic mass is 79.9. The van der Waals surface area contributed by atoms with Crippen molar-refractivity contribution >= 4 is 43.5 Å². The first-order valence-corrected chi connectivity index (χ1v) is 8.22. The standard InChI is InChI=1S/C12H9BrClNO5S/c13-11-10(5-9(20-11)12(16)17)21(18,19)15-6-7-3-1-2-4-8(7)14/h1-5,15H,6H2,(H,16,17). The number of sulfonamides is 1. The van der Waals surface area contributed by atoms with Gasteiger partial charge in [-0.15, -0.1) is 0 Å². The van der Waals surface area contributed by atoms with Gasteiger partial charge in [0.1, 0.15) is 4.90 Å². The fourth-order valence-corrected chi connectivity index (χ4v) is 3.68. The second kappa shape index (κ2) is 6.18. The van der Waals surface area contributed by atoms with Crippen LogP contribution in [0.2, 0.25) is 5.02 Å². The zero-order valence-electron chi connectivity index (χ0n) is 10.3.